The van der Waals surface area contributed by atoms with Crippen molar-refractivity contribution in [2.24, 2.45) is 0 Å². The second-order valence-electron chi connectivity index (χ2n) is 6.82. The van der Waals surface area contributed by atoms with Crippen molar-refractivity contribution in [2.45, 2.75) is 6.92 Å². The molecule has 5 aromatic rings. The van der Waals surface area contributed by atoms with E-state index in [0.717, 1.165) is 11.5 Å². The Hall–Kier alpha value is -4.73. The number of rotatable bonds is 6. The van der Waals surface area contributed by atoms with Crippen LogP contribution in [0, 0.1) is 6.92 Å². The summed E-state index contributed by atoms with van der Waals surface area (Å²) in [5.74, 6) is 2.68. The Kier molecular flexibility index (Phi) is 4.92. The number of carbonyl (C=O) groups is 1. The molecule has 0 bridgehead atoms. The highest BCUT2D eigenvalue weighted by atomic mass is 16.5. The number of anilines is 3. The van der Waals surface area contributed by atoms with E-state index in [4.69, 9.17) is 8.94 Å². The number of carbonyl (C=O) groups excluding carboxylic acids is 1. The molecule has 0 aliphatic heterocycles. The van der Waals surface area contributed by atoms with E-state index in [2.05, 4.69) is 30.7 Å². The molecule has 2 N–H and O–H groups in total. The molecule has 4 heterocycles. The topological polar surface area (TPSA) is 124 Å². The third-order valence-electron chi connectivity index (χ3n) is 4.65. The normalized spacial score (nSPS) is 10.8. The molecule has 0 spiro atoms. The summed E-state index contributed by atoms with van der Waals surface area (Å²) in [6, 6.07) is 14.0. The zero-order chi connectivity index (χ0) is 21.9. The number of aromatic nitrogens is 5. The smallest absolute Gasteiger partial charge is 0.277 e. The molecule has 0 unspecified atom stereocenters. The van der Waals surface area contributed by atoms with Crippen molar-refractivity contribution in [1.29, 1.82) is 0 Å². The van der Waals surface area contributed by atoms with Crippen LogP contribution in [0.5, 0.6) is 0 Å². The van der Waals surface area contributed by atoms with E-state index in [-0.39, 0.29) is 11.6 Å². The number of nitrogens with zero attached hydrogens (tertiary/aromatic N) is 5. The lowest BCUT2D eigenvalue weighted by molar-refractivity contribution is 0.101. The van der Waals surface area contributed by atoms with Crippen LogP contribution in [0.25, 0.3) is 17.3 Å². The van der Waals surface area contributed by atoms with Crippen molar-refractivity contribution in [3.05, 3.63) is 85.0 Å². The molecule has 0 aliphatic rings. The average molecular weight is 427 g/mol. The Bertz CT molecular complexity index is 1350. The van der Waals surface area contributed by atoms with Gasteiger partial charge in [-0.2, -0.15) is 0 Å². The second kappa shape index (κ2) is 8.19. The summed E-state index contributed by atoms with van der Waals surface area (Å²) in [4.78, 5) is 25.2. The van der Waals surface area contributed by atoms with Crippen LogP contribution in [0.15, 0.2) is 82.5 Å². The summed E-state index contributed by atoms with van der Waals surface area (Å²) >= 11 is 0. The third-order valence-corrected chi connectivity index (χ3v) is 4.65. The lowest BCUT2D eigenvalue weighted by atomic mass is 10.2. The molecule has 4 aromatic heterocycles. The Morgan fingerprint density at radius 2 is 1.84 bits per heavy atom. The van der Waals surface area contributed by atoms with E-state index < -0.39 is 0 Å². The van der Waals surface area contributed by atoms with E-state index in [0.29, 0.717) is 28.8 Å². The average Bonchev–Trinajstić information content (AvgIpc) is 3.57. The fourth-order valence-electron chi connectivity index (χ4n) is 3.06. The minimum Gasteiger partial charge on any atom is -0.461 e. The van der Waals surface area contributed by atoms with Crippen molar-refractivity contribution in [2.75, 3.05) is 10.6 Å². The molecule has 1 aromatic carbocycles. The molecule has 0 saturated carbocycles. The van der Waals surface area contributed by atoms with E-state index >= 15 is 0 Å². The van der Waals surface area contributed by atoms with Gasteiger partial charge in [-0.1, -0.05) is 5.16 Å². The number of benzene rings is 1. The van der Waals surface area contributed by atoms with Crippen LogP contribution in [0.1, 0.15) is 16.3 Å². The van der Waals surface area contributed by atoms with Gasteiger partial charge in [0, 0.05) is 35.9 Å². The van der Waals surface area contributed by atoms with Crippen LogP contribution in [0.4, 0.5) is 17.2 Å². The minimum atomic E-state index is -0.386. The van der Waals surface area contributed by atoms with Gasteiger partial charge in [0.05, 0.1) is 6.26 Å². The predicted octanol–water partition coefficient (Wildman–Crippen LogP) is 4.21. The summed E-state index contributed by atoms with van der Waals surface area (Å²) in [5, 5.41) is 9.80. The highest BCUT2D eigenvalue weighted by molar-refractivity contribution is 6.03. The molecule has 0 radical (unpaired) electrons. The van der Waals surface area contributed by atoms with Gasteiger partial charge in [0.15, 0.2) is 11.5 Å². The van der Waals surface area contributed by atoms with Crippen molar-refractivity contribution < 1.29 is 13.7 Å². The van der Waals surface area contributed by atoms with E-state index in [9.17, 15) is 4.79 Å². The van der Waals surface area contributed by atoms with Crippen LogP contribution in [-0.4, -0.2) is 30.6 Å². The van der Waals surface area contributed by atoms with Gasteiger partial charge in [-0.3, -0.25) is 9.36 Å². The lowest BCUT2D eigenvalue weighted by Gasteiger charge is -2.09. The molecular formula is C22H17N7O3. The largest absolute Gasteiger partial charge is 0.461 e. The number of nitrogens with one attached hydrogen (secondary N) is 2. The van der Waals surface area contributed by atoms with Crippen LogP contribution in [0.3, 0.4) is 0 Å². The first-order valence-electron chi connectivity index (χ1n) is 9.67. The Labute approximate surface area is 181 Å². The molecule has 5 rings (SSSR count). The number of hydrogen-bond acceptors (Lipinski definition) is 8. The molecule has 10 heteroatoms. The standard InChI is InChI=1S/C22H17N7O3/c1-14-23-8-9-29(14)21-12-20(24-13-25-21)26-15-4-6-16(7-5-15)27-22(30)17-11-19(32-28-17)18-3-2-10-31-18/h2-13H,1H3,(H,27,30)(H,24,25,26). The van der Waals surface area contributed by atoms with Gasteiger partial charge < -0.3 is 19.6 Å². The summed E-state index contributed by atoms with van der Waals surface area (Å²) in [6.07, 6.45) is 6.56. The molecule has 1 amide bonds. The fraction of sp³-hybridized carbons (Fsp3) is 0.0455. The van der Waals surface area contributed by atoms with Crippen LogP contribution < -0.4 is 10.6 Å². The highest BCUT2D eigenvalue weighted by Gasteiger charge is 2.15. The van der Waals surface area contributed by atoms with Gasteiger partial charge in [-0.05, 0) is 43.3 Å². The van der Waals surface area contributed by atoms with E-state index in [1.54, 1.807) is 30.5 Å². The quantitative estimate of drug-likeness (QED) is 0.413. The first-order valence-corrected chi connectivity index (χ1v) is 9.67. The molecule has 0 saturated heterocycles. The monoisotopic (exact) mass is 427 g/mol. The number of imidazole rings is 1. The number of amides is 1. The Morgan fingerprint density at radius 1 is 1.00 bits per heavy atom. The summed E-state index contributed by atoms with van der Waals surface area (Å²) in [6.45, 7) is 1.90. The third kappa shape index (κ3) is 3.97. The molecule has 158 valence electrons. The number of aryl methyl sites for hydroxylation is 1. The molecule has 32 heavy (non-hydrogen) atoms. The first kappa shape index (κ1) is 19.2. The van der Waals surface area contributed by atoms with E-state index in [1.807, 2.05) is 35.9 Å². The molecular weight excluding hydrogens is 410 g/mol. The first-order chi connectivity index (χ1) is 15.7. The van der Waals surface area contributed by atoms with Gasteiger partial charge in [0.2, 0.25) is 5.76 Å². The SMILES string of the molecule is Cc1nccn1-c1cc(Nc2ccc(NC(=O)c3cc(-c4ccco4)on3)cc2)ncn1. The van der Waals surface area contributed by atoms with Gasteiger partial charge in [0.25, 0.3) is 5.91 Å². The van der Waals surface area contributed by atoms with Gasteiger partial charge in [-0.15, -0.1) is 0 Å². The zero-order valence-corrected chi connectivity index (χ0v) is 16.9. The van der Waals surface area contributed by atoms with Gasteiger partial charge in [0.1, 0.15) is 23.8 Å². The summed E-state index contributed by atoms with van der Waals surface area (Å²) in [5.41, 5.74) is 1.57. The van der Waals surface area contributed by atoms with Crippen LogP contribution >= 0.6 is 0 Å². The number of furan rings is 1. The maximum Gasteiger partial charge on any atom is 0.277 e. The Balaban J connectivity index is 1.25. The molecule has 0 atom stereocenters. The highest BCUT2D eigenvalue weighted by Crippen LogP contribution is 2.22. The van der Waals surface area contributed by atoms with Crippen LogP contribution in [-0.2, 0) is 0 Å². The predicted molar refractivity (Wildman–Crippen MR) is 116 cm³/mol. The number of hydrogen-bond donors (Lipinski definition) is 2. The van der Waals surface area contributed by atoms with Crippen molar-refractivity contribution >= 4 is 23.1 Å². The van der Waals surface area contributed by atoms with Crippen molar-refractivity contribution in [3.63, 3.8) is 0 Å². The molecule has 10 nitrogen and oxygen atoms in total. The second-order valence-corrected chi connectivity index (χ2v) is 6.82. The van der Waals surface area contributed by atoms with Crippen molar-refractivity contribution in [1.82, 2.24) is 24.7 Å². The van der Waals surface area contributed by atoms with Gasteiger partial charge in [-0.25, -0.2) is 15.0 Å². The van der Waals surface area contributed by atoms with Crippen molar-refractivity contribution in [3.8, 4) is 17.3 Å². The maximum atomic E-state index is 12.4. The molecule has 0 fully saturated rings. The van der Waals surface area contributed by atoms with Gasteiger partial charge >= 0.3 is 0 Å². The Morgan fingerprint density at radius 3 is 2.59 bits per heavy atom. The zero-order valence-electron chi connectivity index (χ0n) is 16.9. The maximum absolute atomic E-state index is 12.4. The summed E-state index contributed by atoms with van der Waals surface area (Å²) in [7, 11) is 0. The molecule has 0 aliphatic carbocycles. The van der Waals surface area contributed by atoms with E-state index in [1.165, 1.54) is 18.7 Å². The minimum absolute atomic E-state index is 0.155. The summed E-state index contributed by atoms with van der Waals surface area (Å²) < 4.78 is 12.3. The fourth-order valence-corrected chi connectivity index (χ4v) is 3.06. The van der Waals surface area contributed by atoms with Crippen LogP contribution in [0.2, 0.25) is 0 Å². The lowest BCUT2D eigenvalue weighted by Crippen LogP contribution is -2.12.